The first-order valence-electron chi connectivity index (χ1n) is 8.11. The Balaban J connectivity index is 1.64. The Morgan fingerprint density at radius 2 is 1.92 bits per heavy atom. The van der Waals surface area contributed by atoms with Gasteiger partial charge in [0.05, 0.1) is 17.6 Å². The molecule has 2 heterocycles. The average Bonchev–Trinajstić information content (AvgIpc) is 2.99. The van der Waals surface area contributed by atoms with E-state index in [1.807, 2.05) is 31.2 Å². The van der Waals surface area contributed by atoms with Gasteiger partial charge < -0.3 is 9.84 Å². The maximum atomic E-state index is 12.4. The van der Waals surface area contributed by atoms with Crippen molar-refractivity contribution in [3.05, 3.63) is 57.2 Å². The van der Waals surface area contributed by atoms with Crippen LogP contribution in [0.3, 0.4) is 0 Å². The molecule has 0 unspecified atom stereocenters. The minimum Gasteiger partial charge on any atom is -0.360 e. The van der Waals surface area contributed by atoms with Crippen molar-refractivity contribution in [2.24, 2.45) is 0 Å². The number of amides is 1. The van der Waals surface area contributed by atoms with Crippen molar-refractivity contribution in [2.45, 2.75) is 40.3 Å². The van der Waals surface area contributed by atoms with Crippen LogP contribution in [0.15, 0.2) is 33.6 Å². The Morgan fingerprint density at radius 3 is 2.64 bits per heavy atom. The summed E-state index contributed by atoms with van der Waals surface area (Å²) in [4.78, 5) is 24.4. The number of carbonyl (C=O) groups excluding carboxylic acids is 1. The van der Waals surface area contributed by atoms with E-state index in [0.717, 1.165) is 5.56 Å². The first kappa shape index (κ1) is 16.9. The summed E-state index contributed by atoms with van der Waals surface area (Å²) in [6.45, 7) is 6.21. The number of aryl methyl sites for hydroxylation is 4. The fourth-order valence-electron chi connectivity index (χ4n) is 2.70. The van der Waals surface area contributed by atoms with E-state index < -0.39 is 0 Å². The second-order valence-electron chi connectivity index (χ2n) is 6.09. The molecule has 0 aliphatic carbocycles. The molecular formula is C18H20N4O3. The third-order valence-corrected chi connectivity index (χ3v) is 4.09. The summed E-state index contributed by atoms with van der Waals surface area (Å²) in [5.74, 6) is 0.434. The number of fused-ring (bicyclic) bond motifs is 1. The second kappa shape index (κ2) is 6.88. The highest BCUT2D eigenvalue weighted by molar-refractivity contribution is 5.81. The third kappa shape index (κ3) is 3.60. The van der Waals surface area contributed by atoms with E-state index in [4.69, 9.17) is 4.52 Å². The number of hydrogen-bond donors (Lipinski definition) is 1. The SMILES string of the molecule is Cc1ccc(CNC(=O)CCn2nc(C)c3c(C)onc3c2=O)cc1. The minimum absolute atomic E-state index is 0.136. The van der Waals surface area contributed by atoms with Crippen molar-refractivity contribution in [3.8, 4) is 0 Å². The summed E-state index contributed by atoms with van der Waals surface area (Å²) in [5.41, 5.74) is 2.78. The van der Waals surface area contributed by atoms with Gasteiger partial charge in [0.25, 0.3) is 5.56 Å². The molecule has 130 valence electrons. The van der Waals surface area contributed by atoms with Gasteiger partial charge in [0.15, 0.2) is 5.52 Å². The maximum absolute atomic E-state index is 12.4. The van der Waals surface area contributed by atoms with Gasteiger partial charge in [-0.15, -0.1) is 0 Å². The lowest BCUT2D eigenvalue weighted by Crippen LogP contribution is -2.29. The van der Waals surface area contributed by atoms with E-state index in [1.165, 1.54) is 10.2 Å². The zero-order chi connectivity index (χ0) is 18.0. The smallest absolute Gasteiger partial charge is 0.296 e. The molecule has 1 N–H and O–H groups in total. The number of benzene rings is 1. The molecule has 0 saturated carbocycles. The van der Waals surface area contributed by atoms with Gasteiger partial charge in [-0.1, -0.05) is 35.0 Å². The van der Waals surface area contributed by atoms with Gasteiger partial charge in [-0.25, -0.2) is 4.68 Å². The predicted octanol–water partition coefficient (Wildman–Crippen LogP) is 2.02. The van der Waals surface area contributed by atoms with Crippen LogP contribution < -0.4 is 10.9 Å². The molecule has 0 spiro atoms. The monoisotopic (exact) mass is 340 g/mol. The molecule has 1 amide bonds. The second-order valence-corrected chi connectivity index (χ2v) is 6.09. The van der Waals surface area contributed by atoms with Gasteiger partial charge in [-0.3, -0.25) is 9.59 Å². The molecule has 0 aliphatic rings. The van der Waals surface area contributed by atoms with Crippen LogP contribution in [0.1, 0.15) is 29.0 Å². The summed E-state index contributed by atoms with van der Waals surface area (Å²) in [6, 6.07) is 7.96. The molecule has 0 bridgehead atoms. The lowest BCUT2D eigenvalue weighted by molar-refractivity contribution is -0.121. The first-order chi connectivity index (χ1) is 12.0. The molecule has 0 radical (unpaired) electrons. The van der Waals surface area contributed by atoms with Crippen LogP contribution in [0.5, 0.6) is 0 Å². The quantitative estimate of drug-likeness (QED) is 0.767. The van der Waals surface area contributed by atoms with Crippen LogP contribution >= 0.6 is 0 Å². The average molecular weight is 340 g/mol. The number of aromatic nitrogens is 3. The fraction of sp³-hybridized carbons (Fsp3) is 0.333. The highest BCUT2D eigenvalue weighted by Gasteiger charge is 2.15. The minimum atomic E-state index is -0.344. The molecule has 7 nitrogen and oxygen atoms in total. The topological polar surface area (TPSA) is 90.0 Å². The van der Waals surface area contributed by atoms with Crippen LogP contribution in [0.4, 0.5) is 0 Å². The normalized spacial score (nSPS) is 11.0. The first-order valence-corrected chi connectivity index (χ1v) is 8.11. The van der Waals surface area contributed by atoms with Gasteiger partial charge in [-0.05, 0) is 26.3 Å². The zero-order valence-corrected chi connectivity index (χ0v) is 14.5. The van der Waals surface area contributed by atoms with Crippen LogP contribution in [-0.4, -0.2) is 20.8 Å². The number of nitrogens with one attached hydrogen (secondary N) is 1. The summed E-state index contributed by atoms with van der Waals surface area (Å²) < 4.78 is 6.34. The van der Waals surface area contributed by atoms with E-state index in [9.17, 15) is 9.59 Å². The molecule has 25 heavy (non-hydrogen) atoms. The Kier molecular flexibility index (Phi) is 4.65. The Labute approximate surface area is 144 Å². The summed E-state index contributed by atoms with van der Waals surface area (Å²) in [5, 5.41) is 11.5. The Bertz CT molecular complexity index is 970. The number of hydrogen-bond acceptors (Lipinski definition) is 5. The summed E-state index contributed by atoms with van der Waals surface area (Å²) in [7, 11) is 0. The van der Waals surface area contributed by atoms with E-state index in [-0.39, 0.29) is 29.9 Å². The van der Waals surface area contributed by atoms with Crippen molar-refractivity contribution in [3.63, 3.8) is 0 Å². The van der Waals surface area contributed by atoms with Crippen LogP contribution in [-0.2, 0) is 17.9 Å². The zero-order valence-electron chi connectivity index (χ0n) is 14.5. The maximum Gasteiger partial charge on any atom is 0.296 e. The van der Waals surface area contributed by atoms with Gasteiger partial charge in [-0.2, -0.15) is 5.10 Å². The van der Waals surface area contributed by atoms with Crippen molar-refractivity contribution >= 4 is 16.8 Å². The molecule has 0 fully saturated rings. The van der Waals surface area contributed by atoms with E-state index >= 15 is 0 Å². The molecule has 3 rings (SSSR count). The van der Waals surface area contributed by atoms with Crippen LogP contribution in [0.2, 0.25) is 0 Å². The van der Waals surface area contributed by atoms with Gasteiger partial charge >= 0.3 is 0 Å². The van der Waals surface area contributed by atoms with Crippen LogP contribution in [0.25, 0.3) is 10.9 Å². The van der Waals surface area contributed by atoms with Crippen molar-refractivity contribution < 1.29 is 9.32 Å². The molecule has 7 heteroatoms. The highest BCUT2D eigenvalue weighted by Crippen LogP contribution is 2.16. The van der Waals surface area contributed by atoms with E-state index in [0.29, 0.717) is 23.4 Å². The highest BCUT2D eigenvalue weighted by atomic mass is 16.5. The van der Waals surface area contributed by atoms with Crippen molar-refractivity contribution in [2.75, 3.05) is 0 Å². The van der Waals surface area contributed by atoms with Gasteiger partial charge in [0.1, 0.15) is 5.76 Å². The standard InChI is InChI=1S/C18H20N4O3/c1-11-4-6-14(7-5-11)10-19-15(23)8-9-22-18(24)17-16(12(2)20-22)13(3)25-21-17/h4-7H,8-10H2,1-3H3,(H,19,23). The molecule has 1 aromatic carbocycles. The molecule has 0 aliphatic heterocycles. The number of carbonyl (C=O) groups is 1. The van der Waals surface area contributed by atoms with Gasteiger partial charge in [0, 0.05) is 13.0 Å². The Hall–Kier alpha value is -2.96. The number of rotatable bonds is 5. The lowest BCUT2D eigenvalue weighted by atomic mass is 10.1. The molecule has 0 atom stereocenters. The predicted molar refractivity (Wildman–Crippen MR) is 93.2 cm³/mol. The Morgan fingerprint density at radius 1 is 1.20 bits per heavy atom. The fourth-order valence-corrected chi connectivity index (χ4v) is 2.70. The van der Waals surface area contributed by atoms with E-state index in [2.05, 4.69) is 15.6 Å². The summed E-state index contributed by atoms with van der Waals surface area (Å²) >= 11 is 0. The lowest BCUT2D eigenvalue weighted by Gasteiger charge is -2.08. The third-order valence-electron chi connectivity index (χ3n) is 4.09. The van der Waals surface area contributed by atoms with Crippen molar-refractivity contribution in [1.82, 2.24) is 20.3 Å². The van der Waals surface area contributed by atoms with Gasteiger partial charge in [0.2, 0.25) is 5.91 Å². The summed E-state index contributed by atoms with van der Waals surface area (Å²) in [6.07, 6.45) is 0.167. The molecule has 2 aromatic heterocycles. The number of nitrogens with zero attached hydrogens (tertiary/aromatic N) is 3. The molecule has 3 aromatic rings. The van der Waals surface area contributed by atoms with Crippen molar-refractivity contribution in [1.29, 1.82) is 0 Å². The van der Waals surface area contributed by atoms with E-state index in [1.54, 1.807) is 13.8 Å². The largest absolute Gasteiger partial charge is 0.360 e. The van der Waals surface area contributed by atoms with Crippen LogP contribution in [0, 0.1) is 20.8 Å². The molecular weight excluding hydrogens is 320 g/mol. The molecule has 0 saturated heterocycles.